The summed E-state index contributed by atoms with van der Waals surface area (Å²) in [6.45, 7) is 7.23. The number of allylic oxidation sites excluding steroid dienone is 3. The van der Waals surface area contributed by atoms with Crippen LogP contribution < -0.4 is 0 Å². The molecule has 0 aromatic carbocycles. The number of ether oxygens (including phenoxy) is 1. The first-order valence-corrected chi connectivity index (χ1v) is 8.96. The molecule has 1 spiro atoms. The maximum absolute atomic E-state index is 12.2. The lowest BCUT2D eigenvalue weighted by Gasteiger charge is -2.56. The Balaban J connectivity index is 1.92. The van der Waals surface area contributed by atoms with Crippen molar-refractivity contribution < 1.29 is 14.3 Å². The molecule has 23 heavy (non-hydrogen) atoms. The fraction of sp³-hybridized carbons (Fsp3) is 0.700. The molecule has 3 aliphatic rings. The summed E-state index contributed by atoms with van der Waals surface area (Å²) in [7, 11) is 0. The molecule has 4 atom stereocenters. The summed E-state index contributed by atoms with van der Waals surface area (Å²) in [6, 6.07) is 0. The molecule has 1 saturated carbocycles. The lowest BCUT2D eigenvalue weighted by molar-refractivity contribution is -0.135. The second kappa shape index (κ2) is 5.92. The molecule has 0 amide bonds. The van der Waals surface area contributed by atoms with E-state index in [9.17, 15) is 9.59 Å². The van der Waals surface area contributed by atoms with Gasteiger partial charge in [-0.25, -0.2) is 4.79 Å². The highest BCUT2D eigenvalue weighted by molar-refractivity contribution is 5.92. The van der Waals surface area contributed by atoms with Crippen LogP contribution in [0.3, 0.4) is 0 Å². The molecule has 0 N–H and O–H groups in total. The number of hydrogen-bond acceptors (Lipinski definition) is 3. The first-order valence-electron chi connectivity index (χ1n) is 8.96. The summed E-state index contributed by atoms with van der Waals surface area (Å²) in [6.07, 6.45) is 11.2. The van der Waals surface area contributed by atoms with E-state index in [1.54, 1.807) is 0 Å². The number of cyclic esters (lactones) is 1. The molecular formula is C20H28O3. The van der Waals surface area contributed by atoms with Crippen molar-refractivity contribution in [1.29, 1.82) is 0 Å². The Morgan fingerprint density at radius 1 is 1.43 bits per heavy atom. The lowest BCUT2D eigenvalue weighted by atomic mass is 9.47. The van der Waals surface area contributed by atoms with Gasteiger partial charge in [-0.05, 0) is 68.3 Å². The third-order valence-electron chi connectivity index (χ3n) is 7.11. The average molecular weight is 316 g/mol. The minimum atomic E-state index is -0.0892. The zero-order chi connectivity index (χ0) is 16.7. The third-order valence-corrected chi connectivity index (χ3v) is 7.11. The van der Waals surface area contributed by atoms with Crippen molar-refractivity contribution in [1.82, 2.24) is 0 Å². The van der Waals surface area contributed by atoms with Gasteiger partial charge >= 0.3 is 5.97 Å². The van der Waals surface area contributed by atoms with Gasteiger partial charge in [-0.3, -0.25) is 4.79 Å². The van der Waals surface area contributed by atoms with Crippen molar-refractivity contribution >= 4 is 12.3 Å². The fourth-order valence-corrected chi connectivity index (χ4v) is 5.39. The Morgan fingerprint density at radius 3 is 2.91 bits per heavy atom. The van der Waals surface area contributed by atoms with Crippen LogP contribution in [0, 0.1) is 22.7 Å². The summed E-state index contributed by atoms with van der Waals surface area (Å²) in [4.78, 5) is 23.3. The van der Waals surface area contributed by atoms with Crippen molar-refractivity contribution in [3.05, 3.63) is 23.3 Å². The third kappa shape index (κ3) is 2.40. The zero-order valence-corrected chi connectivity index (χ0v) is 14.6. The summed E-state index contributed by atoms with van der Waals surface area (Å²) >= 11 is 0. The van der Waals surface area contributed by atoms with E-state index in [0.29, 0.717) is 18.4 Å². The van der Waals surface area contributed by atoms with Crippen LogP contribution in [-0.2, 0) is 14.3 Å². The molecular weight excluding hydrogens is 288 g/mol. The fourth-order valence-electron chi connectivity index (χ4n) is 5.39. The van der Waals surface area contributed by atoms with E-state index in [0.717, 1.165) is 56.0 Å². The molecule has 3 heteroatoms. The monoisotopic (exact) mass is 316 g/mol. The number of hydrogen-bond donors (Lipinski definition) is 0. The number of esters is 1. The highest BCUT2D eigenvalue weighted by Gasteiger charge is 2.60. The van der Waals surface area contributed by atoms with E-state index < -0.39 is 0 Å². The van der Waals surface area contributed by atoms with E-state index in [4.69, 9.17) is 4.74 Å². The van der Waals surface area contributed by atoms with E-state index in [1.807, 2.05) is 13.0 Å². The minimum absolute atomic E-state index is 0.0616. The largest absolute Gasteiger partial charge is 0.461 e. The molecule has 126 valence electrons. The molecule has 1 aliphatic heterocycles. The predicted molar refractivity (Wildman–Crippen MR) is 89.8 cm³/mol. The highest BCUT2D eigenvalue weighted by Crippen LogP contribution is 2.63. The van der Waals surface area contributed by atoms with Gasteiger partial charge in [0.2, 0.25) is 0 Å². The normalized spacial score (nSPS) is 40.0. The Hall–Kier alpha value is -1.38. The minimum Gasteiger partial charge on any atom is -0.461 e. The maximum Gasteiger partial charge on any atom is 0.334 e. The Labute approximate surface area is 139 Å². The van der Waals surface area contributed by atoms with Crippen LogP contribution in [0.15, 0.2) is 23.3 Å². The van der Waals surface area contributed by atoms with Crippen LogP contribution in [0.1, 0.15) is 59.3 Å². The quantitative estimate of drug-likeness (QED) is 0.443. The highest BCUT2D eigenvalue weighted by atomic mass is 16.5. The summed E-state index contributed by atoms with van der Waals surface area (Å²) < 4.78 is 5.48. The Bertz CT molecular complexity index is 573. The second-order valence-corrected chi connectivity index (χ2v) is 7.91. The van der Waals surface area contributed by atoms with Gasteiger partial charge in [-0.15, -0.1) is 0 Å². The number of carbonyl (C=O) groups is 2. The molecule has 0 radical (unpaired) electrons. The molecule has 1 saturated heterocycles. The lowest BCUT2D eigenvalue weighted by Crippen LogP contribution is -2.51. The van der Waals surface area contributed by atoms with E-state index in [1.165, 1.54) is 0 Å². The van der Waals surface area contributed by atoms with Gasteiger partial charge in [-0.2, -0.15) is 0 Å². The molecule has 0 aromatic heterocycles. The SMILES string of the molecule is C/C=C(\C=O)CC[C@@]1(C)[C@H](C)CCC23COC(=O)C2=CCC[C@@H]31. The molecule has 1 unspecified atom stereocenters. The van der Waals surface area contributed by atoms with Crippen LogP contribution >= 0.6 is 0 Å². The first kappa shape index (κ1) is 16.5. The van der Waals surface area contributed by atoms with Gasteiger partial charge < -0.3 is 4.74 Å². The smallest absolute Gasteiger partial charge is 0.334 e. The van der Waals surface area contributed by atoms with Crippen LogP contribution in [-0.4, -0.2) is 18.9 Å². The van der Waals surface area contributed by atoms with E-state index in [-0.39, 0.29) is 16.8 Å². The van der Waals surface area contributed by atoms with Crippen molar-refractivity contribution in [2.45, 2.75) is 59.3 Å². The van der Waals surface area contributed by atoms with Crippen LogP contribution in [0.25, 0.3) is 0 Å². The number of rotatable bonds is 4. The van der Waals surface area contributed by atoms with Gasteiger partial charge in [-0.1, -0.05) is 26.0 Å². The topological polar surface area (TPSA) is 43.4 Å². The van der Waals surface area contributed by atoms with Crippen molar-refractivity contribution in [2.24, 2.45) is 22.7 Å². The van der Waals surface area contributed by atoms with Gasteiger partial charge in [0.1, 0.15) is 12.9 Å². The molecule has 0 bridgehead atoms. The first-order chi connectivity index (χ1) is 11.0. The van der Waals surface area contributed by atoms with Gasteiger partial charge in [0.25, 0.3) is 0 Å². The molecule has 3 nitrogen and oxygen atoms in total. The van der Waals surface area contributed by atoms with Gasteiger partial charge in [0.05, 0.1) is 0 Å². The standard InChI is InChI=1S/C20H28O3/c1-4-15(12-21)9-10-19(3)14(2)8-11-20-13-23-18(22)16(20)6-5-7-17(19)20/h4,6,12,14,17H,5,7-11,13H2,1-3H3/b15-4-/t14-,17-,19+,20?/m1/s1. The van der Waals surface area contributed by atoms with Gasteiger partial charge in [0.15, 0.2) is 0 Å². The molecule has 1 heterocycles. The van der Waals surface area contributed by atoms with Crippen LogP contribution in [0.4, 0.5) is 0 Å². The van der Waals surface area contributed by atoms with E-state index in [2.05, 4.69) is 19.9 Å². The number of aldehydes is 1. The summed E-state index contributed by atoms with van der Waals surface area (Å²) in [5.74, 6) is 1.00. The second-order valence-electron chi connectivity index (χ2n) is 7.91. The Kier molecular flexibility index (Phi) is 4.24. The summed E-state index contributed by atoms with van der Waals surface area (Å²) in [5.41, 5.74) is 1.94. The maximum atomic E-state index is 12.2. The van der Waals surface area contributed by atoms with Crippen molar-refractivity contribution in [3.63, 3.8) is 0 Å². The predicted octanol–water partition coefficient (Wildman–Crippen LogP) is 4.23. The summed E-state index contributed by atoms with van der Waals surface area (Å²) in [5, 5.41) is 0. The van der Waals surface area contributed by atoms with Crippen LogP contribution in [0.2, 0.25) is 0 Å². The van der Waals surface area contributed by atoms with Gasteiger partial charge in [0, 0.05) is 11.0 Å². The zero-order valence-electron chi connectivity index (χ0n) is 14.6. The van der Waals surface area contributed by atoms with E-state index >= 15 is 0 Å². The number of carbonyl (C=O) groups excluding carboxylic acids is 2. The van der Waals surface area contributed by atoms with Crippen molar-refractivity contribution in [2.75, 3.05) is 6.61 Å². The molecule has 2 aliphatic carbocycles. The average Bonchev–Trinajstić information content (AvgIpc) is 2.89. The molecule has 2 fully saturated rings. The van der Waals surface area contributed by atoms with Crippen molar-refractivity contribution in [3.8, 4) is 0 Å². The molecule has 0 aromatic rings. The van der Waals surface area contributed by atoms with Crippen LogP contribution in [0.5, 0.6) is 0 Å². The molecule has 3 rings (SSSR count). The Morgan fingerprint density at radius 2 is 2.22 bits per heavy atom.